The topological polar surface area (TPSA) is 39.2 Å². The Bertz CT molecular complexity index is 573. The summed E-state index contributed by atoms with van der Waals surface area (Å²) >= 11 is 6.47. The summed E-state index contributed by atoms with van der Waals surface area (Å²) in [6, 6.07) is 11.5. The molecule has 0 aliphatic rings. The van der Waals surface area contributed by atoms with Gasteiger partial charge in [-0.15, -0.1) is 0 Å². The van der Waals surface area contributed by atoms with Crippen molar-refractivity contribution in [1.82, 2.24) is 4.98 Å². The summed E-state index contributed by atoms with van der Waals surface area (Å²) in [6.45, 7) is 0.404. The summed E-state index contributed by atoms with van der Waals surface area (Å²) < 4.78 is 6.47. The number of halogens is 2. The second kappa shape index (κ2) is 6.82. The van der Waals surface area contributed by atoms with Crippen molar-refractivity contribution in [2.24, 2.45) is 0 Å². The van der Waals surface area contributed by atoms with Crippen LogP contribution < -0.4 is 4.74 Å². The molecule has 0 N–H and O–H groups in total. The molecule has 1 aromatic carbocycles. The van der Waals surface area contributed by atoms with Crippen LogP contribution in [0, 0.1) is 0 Å². The number of alkyl halides is 1. The van der Waals surface area contributed by atoms with Gasteiger partial charge in [0.1, 0.15) is 18.1 Å². The van der Waals surface area contributed by atoms with E-state index >= 15 is 0 Å². The molecule has 0 fully saturated rings. The molecule has 2 aromatic rings. The van der Waals surface area contributed by atoms with E-state index in [2.05, 4.69) is 36.8 Å². The van der Waals surface area contributed by atoms with Crippen LogP contribution in [0.1, 0.15) is 16.1 Å². The molecule has 0 saturated carbocycles. The normalized spacial score (nSPS) is 10.2. The maximum absolute atomic E-state index is 11.8. The van der Waals surface area contributed by atoms with Crippen molar-refractivity contribution in [3.63, 3.8) is 0 Å². The Hall–Kier alpha value is -1.20. The van der Waals surface area contributed by atoms with Crippen LogP contribution in [0.2, 0.25) is 0 Å². The van der Waals surface area contributed by atoms with Crippen molar-refractivity contribution in [3.05, 3.63) is 58.3 Å². The van der Waals surface area contributed by atoms with Gasteiger partial charge in [-0.25, -0.2) is 4.98 Å². The van der Waals surface area contributed by atoms with Crippen LogP contribution in [0.5, 0.6) is 5.75 Å². The lowest BCUT2D eigenvalue weighted by atomic mass is 10.2. The van der Waals surface area contributed by atoms with E-state index in [9.17, 15) is 4.79 Å². The molecule has 0 spiro atoms. The number of benzene rings is 1. The van der Waals surface area contributed by atoms with E-state index in [4.69, 9.17) is 4.74 Å². The third-order valence-corrected chi connectivity index (χ3v) is 3.38. The number of hydrogen-bond donors (Lipinski definition) is 0. The highest BCUT2D eigenvalue weighted by Crippen LogP contribution is 2.23. The molecule has 3 nitrogen and oxygen atoms in total. The van der Waals surface area contributed by atoms with Crippen molar-refractivity contribution in [2.45, 2.75) is 6.61 Å². The maximum atomic E-state index is 11.8. The molecule has 5 heteroatoms. The lowest BCUT2D eigenvalue weighted by molar-refractivity contribution is 0.101. The number of aromatic nitrogens is 1. The van der Waals surface area contributed by atoms with Crippen molar-refractivity contribution >= 4 is 37.6 Å². The first kappa shape index (κ1) is 14.2. The molecule has 0 atom stereocenters. The van der Waals surface area contributed by atoms with Crippen molar-refractivity contribution in [1.29, 1.82) is 0 Å². The van der Waals surface area contributed by atoms with Crippen molar-refractivity contribution in [3.8, 4) is 5.75 Å². The van der Waals surface area contributed by atoms with Crippen LogP contribution in [0.15, 0.2) is 47.1 Å². The molecule has 1 heterocycles. The first-order chi connectivity index (χ1) is 9.20. The van der Waals surface area contributed by atoms with Gasteiger partial charge < -0.3 is 4.74 Å². The van der Waals surface area contributed by atoms with Gasteiger partial charge in [0.25, 0.3) is 0 Å². The third-order valence-electron chi connectivity index (χ3n) is 2.44. The van der Waals surface area contributed by atoms with E-state index in [0.29, 0.717) is 18.1 Å². The quantitative estimate of drug-likeness (QED) is 0.577. The van der Waals surface area contributed by atoms with Crippen LogP contribution in [-0.2, 0) is 6.61 Å². The van der Waals surface area contributed by atoms with Gasteiger partial charge in [0.05, 0.1) is 5.33 Å². The zero-order valence-corrected chi connectivity index (χ0v) is 13.1. The molecular weight excluding hydrogens is 374 g/mol. The predicted molar refractivity (Wildman–Crippen MR) is 80.8 cm³/mol. The lowest BCUT2D eigenvalue weighted by Gasteiger charge is -2.10. The van der Waals surface area contributed by atoms with Crippen LogP contribution in [0.3, 0.4) is 0 Å². The zero-order chi connectivity index (χ0) is 13.7. The number of ketones is 1. The first-order valence-electron chi connectivity index (χ1n) is 5.62. The van der Waals surface area contributed by atoms with Crippen molar-refractivity contribution < 1.29 is 9.53 Å². The molecule has 19 heavy (non-hydrogen) atoms. The first-order valence-corrected chi connectivity index (χ1v) is 7.53. The number of rotatable bonds is 5. The standard InChI is InChI=1S/C14H11Br2NO2/c15-7-12(18)14-13(6-11(16)8-17-14)19-9-10-4-2-1-3-5-10/h1-6,8H,7,9H2. The van der Waals surface area contributed by atoms with Gasteiger partial charge in [-0.2, -0.15) is 0 Å². The molecule has 0 aliphatic heterocycles. The second-order valence-electron chi connectivity index (χ2n) is 3.83. The summed E-state index contributed by atoms with van der Waals surface area (Å²) in [7, 11) is 0. The summed E-state index contributed by atoms with van der Waals surface area (Å²) in [4.78, 5) is 15.9. The predicted octanol–water partition coefficient (Wildman–Crippen LogP) is 4.00. The second-order valence-corrected chi connectivity index (χ2v) is 5.31. The highest BCUT2D eigenvalue weighted by molar-refractivity contribution is 9.10. The van der Waals surface area contributed by atoms with Gasteiger partial charge in [-0.3, -0.25) is 4.79 Å². The fourth-order valence-electron chi connectivity index (χ4n) is 1.54. The van der Waals surface area contributed by atoms with Crippen LogP contribution in [0.4, 0.5) is 0 Å². The van der Waals surface area contributed by atoms with Gasteiger partial charge in [-0.1, -0.05) is 46.3 Å². The Morgan fingerprint density at radius 2 is 2.00 bits per heavy atom. The molecule has 0 aliphatic carbocycles. The van der Waals surface area contributed by atoms with E-state index in [-0.39, 0.29) is 11.1 Å². The van der Waals surface area contributed by atoms with Gasteiger partial charge in [0.2, 0.25) is 0 Å². The summed E-state index contributed by atoms with van der Waals surface area (Å²) in [5.41, 5.74) is 1.38. The maximum Gasteiger partial charge on any atom is 0.195 e. The van der Waals surface area contributed by atoms with E-state index in [0.717, 1.165) is 10.0 Å². The van der Waals surface area contributed by atoms with Gasteiger partial charge in [-0.05, 0) is 27.6 Å². The van der Waals surface area contributed by atoms with Crippen LogP contribution >= 0.6 is 31.9 Å². The Balaban J connectivity index is 2.19. The summed E-state index contributed by atoms with van der Waals surface area (Å²) in [6.07, 6.45) is 1.59. The van der Waals surface area contributed by atoms with E-state index in [1.54, 1.807) is 12.3 Å². The lowest BCUT2D eigenvalue weighted by Crippen LogP contribution is -2.07. The number of hydrogen-bond acceptors (Lipinski definition) is 3. The largest absolute Gasteiger partial charge is 0.486 e. The molecule has 0 saturated heterocycles. The summed E-state index contributed by atoms with van der Waals surface area (Å²) in [5.74, 6) is 0.387. The van der Waals surface area contributed by atoms with Gasteiger partial charge in [0.15, 0.2) is 5.78 Å². The average molecular weight is 385 g/mol. The van der Waals surface area contributed by atoms with Gasteiger partial charge in [0, 0.05) is 10.7 Å². The average Bonchev–Trinajstić information content (AvgIpc) is 2.45. The Morgan fingerprint density at radius 1 is 1.26 bits per heavy atom. The minimum absolute atomic E-state index is 0.101. The third kappa shape index (κ3) is 3.88. The fraction of sp³-hybridized carbons (Fsp3) is 0.143. The minimum Gasteiger partial charge on any atom is -0.486 e. The Morgan fingerprint density at radius 3 is 2.68 bits per heavy atom. The van der Waals surface area contributed by atoms with Crippen LogP contribution in [0.25, 0.3) is 0 Å². The number of carbonyl (C=O) groups excluding carboxylic acids is 1. The zero-order valence-electron chi connectivity index (χ0n) is 9.98. The van der Waals surface area contributed by atoms with Gasteiger partial charge >= 0.3 is 0 Å². The molecule has 0 radical (unpaired) electrons. The fourth-order valence-corrected chi connectivity index (χ4v) is 2.11. The molecule has 0 unspecified atom stereocenters. The monoisotopic (exact) mass is 383 g/mol. The van der Waals surface area contributed by atoms with E-state index in [1.165, 1.54) is 0 Å². The Labute approximate surface area is 128 Å². The molecular formula is C14H11Br2NO2. The van der Waals surface area contributed by atoms with Crippen molar-refractivity contribution in [2.75, 3.05) is 5.33 Å². The highest BCUT2D eigenvalue weighted by Gasteiger charge is 2.14. The SMILES string of the molecule is O=C(CBr)c1ncc(Br)cc1OCc1ccccc1. The molecule has 2 rings (SSSR count). The number of ether oxygens (including phenoxy) is 1. The number of carbonyl (C=O) groups is 1. The molecule has 1 aromatic heterocycles. The van der Waals surface area contributed by atoms with E-state index in [1.807, 2.05) is 30.3 Å². The number of Topliss-reactive ketones (excluding diaryl/α,β-unsaturated/α-hetero) is 1. The summed E-state index contributed by atoms with van der Waals surface area (Å²) in [5, 5.41) is 0.226. The Kier molecular flexibility index (Phi) is 5.10. The minimum atomic E-state index is -0.101. The number of nitrogens with zero attached hydrogens (tertiary/aromatic N) is 1. The van der Waals surface area contributed by atoms with Crippen LogP contribution in [-0.4, -0.2) is 16.1 Å². The molecule has 0 amide bonds. The molecule has 0 bridgehead atoms. The van der Waals surface area contributed by atoms with E-state index < -0.39 is 0 Å². The smallest absolute Gasteiger partial charge is 0.195 e. The highest BCUT2D eigenvalue weighted by atomic mass is 79.9. The number of pyridine rings is 1. The molecule has 98 valence electrons.